The predicted octanol–water partition coefficient (Wildman–Crippen LogP) is 4.57. The van der Waals surface area contributed by atoms with Gasteiger partial charge < -0.3 is 23.8 Å². The third kappa shape index (κ3) is 4.25. The molecule has 2 heterocycles. The smallest absolute Gasteiger partial charge is 0.410 e. The minimum atomic E-state index is -0.925. The highest BCUT2D eigenvalue weighted by Gasteiger charge is 2.47. The van der Waals surface area contributed by atoms with Crippen LogP contribution in [0.5, 0.6) is 11.5 Å². The fraction of sp³-hybridized carbons (Fsp3) is 0.619. The first-order chi connectivity index (χ1) is 13.4. The fourth-order valence-corrected chi connectivity index (χ4v) is 3.98. The number of nitrogens with zero attached hydrogens (tertiary/aromatic N) is 1. The van der Waals surface area contributed by atoms with Crippen LogP contribution in [0.25, 0.3) is 0 Å². The van der Waals surface area contributed by atoms with Crippen LogP contribution in [0.4, 0.5) is 4.79 Å². The van der Waals surface area contributed by atoms with Crippen LogP contribution in [-0.4, -0.2) is 48.5 Å². The Hall–Kier alpha value is -2.15. The van der Waals surface area contributed by atoms with E-state index >= 15 is 0 Å². The van der Waals surface area contributed by atoms with E-state index in [9.17, 15) is 9.59 Å². The van der Waals surface area contributed by atoms with E-state index in [4.69, 9.17) is 30.5 Å². The normalized spacial score (nSPS) is 21.8. The van der Waals surface area contributed by atoms with Gasteiger partial charge in [-0.05, 0) is 46.6 Å². The molecule has 0 N–H and O–H groups in total. The maximum Gasteiger partial charge on any atom is 0.410 e. The SMILES string of the molecule is COC(=O)c1cc(Cl)c2c(c1C)OC(C)(C1CCN(C(=O)OC(C)(C)C)CC1)O2. The second kappa shape index (κ2) is 7.59. The summed E-state index contributed by atoms with van der Waals surface area (Å²) in [4.78, 5) is 26.0. The van der Waals surface area contributed by atoms with Crippen molar-refractivity contribution in [1.82, 2.24) is 4.90 Å². The maximum absolute atomic E-state index is 12.3. The van der Waals surface area contributed by atoms with Crippen molar-refractivity contribution in [3.8, 4) is 11.5 Å². The largest absolute Gasteiger partial charge is 0.465 e. The molecule has 1 fully saturated rings. The van der Waals surface area contributed by atoms with Crippen LogP contribution in [-0.2, 0) is 9.47 Å². The molecule has 1 aromatic rings. The lowest BCUT2D eigenvalue weighted by atomic mass is 9.89. The number of amides is 1. The number of halogens is 1. The molecule has 160 valence electrons. The number of likely N-dealkylation sites (tertiary alicyclic amines) is 1. The average molecular weight is 426 g/mol. The number of hydrogen-bond donors (Lipinski definition) is 0. The molecule has 7 nitrogen and oxygen atoms in total. The molecule has 1 aromatic carbocycles. The molecule has 2 aliphatic heterocycles. The number of esters is 1. The highest BCUT2D eigenvalue weighted by Crippen LogP contribution is 2.51. The van der Waals surface area contributed by atoms with Crippen molar-refractivity contribution < 1.29 is 28.5 Å². The van der Waals surface area contributed by atoms with Crippen LogP contribution in [0.15, 0.2) is 6.07 Å². The third-order valence-electron chi connectivity index (χ3n) is 5.34. The molecule has 1 atom stereocenters. The molecule has 0 radical (unpaired) electrons. The molecule has 0 bridgehead atoms. The topological polar surface area (TPSA) is 74.3 Å². The summed E-state index contributed by atoms with van der Waals surface area (Å²) >= 11 is 6.36. The first-order valence-corrected chi connectivity index (χ1v) is 10.1. The van der Waals surface area contributed by atoms with Crippen molar-refractivity contribution in [1.29, 1.82) is 0 Å². The van der Waals surface area contributed by atoms with Crippen molar-refractivity contribution in [2.24, 2.45) is 5.92 Å². The van der Waals surface area contributed by atoms with E-state index in [0.717, 1.165) is 0 Å². The Bertz CT molecular complexity index is 825. The number of benzene rings is 1. The minimum Gasteiger partial charge on any atom is -0.465 e. The van der Waals surface area contributed by atoms with Crippen molar-refractivity contribution in [3.05, 3.63) is 22.2 Å². The van der Waals surface area contributed by atoms with Gasteiger partial charge in [-0.25, -0.2) is 9.59 Å². The lowest BCUT2D eigenvalue weighted by Crippen LogP contribution is -2.50. The van der Waals surface area contributed by atoms with Crippen LogP contribution in [0.1, 0.15) is 56.5 Å². The van der Waals surface area contributed by atoms with E-state index < -0.39 is 17.4 Å². The van der Waals surface area contributed by atoms with Gasteiger partial charge in [0, 0.05) is 31.5 Å². The van der Waals surface area contributed by atoms with Gasteiger partial charge in [0.15, 0.2) is 11.5 Å². The molecule has 1 unspecified atom stereocenters. The highest BCUT2D eigenvalue weighted by atomic mass is 35.5. The highest BCUT2D eigenvalue weighted by molar-refractivity contribution is 6.32. The van der Waals surface area contributed by atoms with E-state index in [1.807, 2.05) is 27.7 Å². The second-order valence-electron chi connectivity index (χ2n) is 8.64. The number of methoxy groups -OCH3 is 1. The van der Waals surface area contributed by atoms with Crippen LogP contribution in [0.2, 0.25) is 5.02 Å². The Balaban J connectivity index is 1.73. The maximum atomic E-state index is 12.3. The van der Waals surface area contributed by atoms with Crippen LogP contribution >= 0.6 is 11.6 Å². The van der Waals surface area contributed by atoms with Gasteiger partial charge in [-0.1, -0.05) is 11.6 Å². The lowest BCUT2D eigenvalue weighted by Gasteiger charge is -2.39. The number of hydrogen-bond acceptors (Lipinski definition) is 6. The van der Waals surface area contributed by atoms with Gasteiger partial charge in [0.25, 0.3) is 5.79 Å². The summed E-state index contributed by atoms with van der Waals surface area (Å²) in [5.41, 5.74) is 0.459. The Kier molecular flexibility index (Phi) is 5.64. The summed E-state index contributed by atoms with van der Waals surface area (Å²) in [5, 5.41) is 0.306. The molecule has 0 saturated carbocycles. The third-order valence-corrected chi connectivity index (χ3v) is 5.62. The van der Waals surface area contributed by atoms with Crippen LogP contribution in [0.3, 0.4) is 0 Å². The summed E-state index contributed by atoms with van der Waals surface area (Å²) in [6, 6.07) is 1.54. The molecule has 2 aliphatic rings. The molecular weight excluding hydrogens is 398 g/mol. The summed E-state index contributed by atoms with van der Waals surface area (Å²) in [7, 11) is 1.32. The van der Waals surface area contributed by atoms with Gasteiger partial charge >= 0.3 is 12.1 Å². The summed E-state index contributed by atoms with van der Waals surface area (Å²) in [6.07, 6.45) is 1.09. The number of fused-ring (bicyclic) bond motifs is 1. The molecule has 1 amide bonds. The number of piperidine rings is 1. The summed E-state index contributed by atoms with van der Waals surface area (Å²) < 4.78 is 22.6. The molecule has 8 heteroatoms. The standard InChI is InChI=1S/C21H28ClNO6/c1-12-14(18(24)26-6)11-15(22)17-16(12)27-21(5,28-17)13-7-9-23(10-8-13)19(25)29-20(2,3)4/h11,13H,7-10H2,1-6H3. The molecule has 0 spiro atoms. The Morgan fingerprint density at radius 2 is 1.79 bits per heavy atom. The average Bonchev–Trinajstić information content (AvgIpc) is 3.03. The van der Waals surface area contributed by atoms with Crippen molar-refractivity contribution in [3.63, 3.8) is 0 Å². The number of carbonyl (C=O) groups is 2. The molecule has 0 aliphatic carbocycles. The number of ether oxygens (including phenoxy) is 4. The van der Waals surface area contributed by atoms with Gasteiger partial charge in [0.1, 0.15) is 5.60 Å². The van der Waals surface area contributed by atoms with Crippen LogP contribution < -0.4 is 9.47 Å². The molecule has 0 aromatic heterocycles. The zero-order valence-electron chi connectivity index (χ0n) is 17.8. The lowest BCUT2D eigenvalue weighted by molar-refractivity contribution is -0.124. The van der Waals surface area contributed by atoms with Gasteiger partial charge in [-0.3, -0.25) is 0 Å². The van der Waals surface area contributed by atoms with E-state index in [1.54, 1.807) is 17.9 Å². The zero-order chi connectivity index (χ0) is 21.6. The minimum absolute atomic E-state index is 0.0469. The van der Waals surface area contributed by atoms with Gasteiger partial charge in [0.2, 0.25) is 0 Å². The predicted molar refractivity (Wildman–Crippen MR) is 108 cm³/mol. The summed E-state index contributed by atoms with van der Waals surface area (Å²) in [5.74, 6) is -0.449. The molecule has 3 rings (SSSR count). The number of rotatable bonds is 2. The zero-order valence-corrected chi connectivity index (χ0v) is 18.5. The van der Waals surface area contributed by atoms with Gasteiger partial charge in [-0.15, -0.1) is 0 Å². The monoisotopic (exact) mass is 425 g/mol. The van der Waals surface area contributed by atoms with E-state index in [1.165, 1.54) is 7.11 Å². The van der Waals surface area contributed by atoms with Crippen molar-refractivity contribution in [2.75, 3.05) is 20.2 Å². The van der Waals surface area contributed by atoms with Crippen LogP contribution in [0, 0.1) is 12.8 Å². The Morgan fingerprint density at radius 3 is 2.34 bits per heavy atom. The first-order valence-electron chi connectivity index (χ1n) is 9.72. The van der Waals surface area contributed by atoms with Crippen molar-refractivity contribution >= 4 is 23.7 Å². The van der Waals surface area contributed by atoms with Gasteiger partial charge in [0.05, 0.1) is 17.7 Å². The summed E-state index contributed by atoms with van der Waals surface area (Å²) in [6.45, 7) is 10.3. The quantitative estimate of drug-likeness (QED) is 0.646. The number of carbonyl (C=O) groups excluding carboxylic acids is 2. The van der Waals surface area contributed by atoms with Crippen molar-refractivity contribution in [2.45, 2.75) is 58.8 Å². The van der Waals surface area contributed by atoms with E-state index in [2.05, 4.69) is 0 Å². The molecule has 29 heavy (non-hydrogen) atoms. The second-order valence-corrected chi connectivity index (χ2v) is 9.05. The first kappa shape index (κ1) is 21.6. The fourth-order valence-electron chi connectivity index (χ4n) is 3.75. The Labute approximate surface area is 176 Å². The van der Waals surface area contributed by atoms with E-state index in [-0.39, 0.29) is 12.0 Å². The molecular formula is C21H28ClNO6. The van der Waals surface area contributed by atoms with Gasteiger partial charge in [-0.2, -0.15) is 0 Å². The Morgan fingerprint density at radius 1 is 1.21 bits per heavy atom. The van der Waals surface area contributed by atoms with E-state index in [0.29, 0.717) is 53.6 Å². The molecule has 1 saturated heterocycles.